The number of thiophene rings is 1. The Bertz CT molecular complexity index is 728. The van der Waals surface area contributed by atoms with Crippen molar-refractivity contribution in [1.29, 1.82) is 0 Å². The molecule has 0 radical (unpaired) electrons. The van der Waals surface area contributed by atoms with Crippen LogP contribution in [0, 0.1) is 17.7 Å². The molecule has 26 heavy (non-hydrogen) atoms. The minimum Gasteiger partial charge on any atom is -0.335 e. The fraction of sp³-hybridized carbons (Fsp3) is 0.450. The van der Waals surface area contributed by atoms with Gasteiger partial charge in [0.15, 0.2) is 0 Å². The molecule has 142 valence electrons. The summed E-state index contributed by atoms with van der Waals surface area (Å²) in [5, 5.41) is 3.24. The minimum atomic E-state index is -0.225. The number of benzene rings is 1. The van der Waals surface area contributed by atoms with E-state index >= 15 is 0 Å². The number of rotatable bonds is 6. The van der Waals surface area contributed by atoms with Gasteiger partial charge in [0.1, 0.15) is 5.82 Å². The first-order chi connectivity index (χ1) is 12.0. The summed E-state index contributed by atoms with van der Waals surface area (Å²) in [5.74, 6) is 0.516. The second kappa shape index (κ2) is 8.98. The van der Waals surface area contributed by atoms with Gasteiger partial charge in [-0.3, -0.25) is 4.79 Å². The summed E-state index contributed by atoms with van der Waals surface area (Å²) < 4.78 is 13.1. The quantitative estimate of drug-likeness (QED) is 0.775. The molecule has 2 aromatic rings. The fourth-order valence-electron chi connectivity index (χ4n) is 3.04. The maximum atomic E-state index is 13.1. The molecule has 0 spiro atoms. The summed E-state index contributed by atoms with van der Waals surface area (Å²) in [6.07, 6.45) is 0. The van der Waals surface area contributed by atoms with Crippen LogP contribution in [0.1, 0.15) is 25.6 Å². The van der Waals surface area contributed by atoms with Crippen LogP contribution in [-0.2, 0) is 11.3 Å². The molecule has 2 heterocycles. The fourth-order valence-corrected chi connectivity index (χ4v) is 4.06. The van der Waals surface area contributed by atoms with Crippen LogP contribution in [0.5, 0.6) is 0 Å². The Kier molecular flexibility index (Phi) is 7.21. The van der Waals surface area contributed by atoms with Crippen molar-refractivity contribution in [3.05, 3.63) is 47.1 Å². The van der Waals surface area contributed by atoms with Crippen LogP contribution in [0.3, 0.4) is 0 Å². The average Bonchev–Trinajstić information content (AvgIpc) is 2.99. The molecule has 1 amide bonds. The van der Waals surface area contributed by atoms with E-state index in [0.29, 0.717) is 12.5 Å². The average molecular weight is 397 g/mol. The van der Waals surface area contributed by atoms with Crippen LogP contribution in [0.2, 0.25) is 0 Å². The second-order valence-corrected chi connectivity index (χ2v) is 8.21. The van der Waals surface area contributed by atoms with Gasteiger partial charge in [-0.1, -0.05) is 19.1 Å². The number of amides is 1. The number of nitrogens with zero attached hydrogens (tertiary/aromatic N) is 1. The summed E-state index contributed by atoms with van der Waals surface area (Å²) in [5.41, 5.74) is 1.01. The van der Waals surface area contributed by atoms with Gasteiger partial charge in [0.2, 0.25) is 5.91 Å². The molecular weight excluding hydrogens is 371 g/mol. The third kappa shape index (κ3) is 4.64. The van der Waals surface area contributed by atoms with Crippen LogP contribution in [-0.4, -0.2) is 29.9 Å². The Labute approximate surface area is 165 Å². The smallest absolute Gasteiger partial charge is 0.226 e. The van der Waals surface area contributed by atoms with Gasteiger partial charge in [0.25, 0.3) is 0 Å². The highest BCUT2D eigenvalue weighted by molar-refractivity contribution is 7.15. The summed E-state index contributed by atoms with van der Waals surface area (Å²) >= 11 is 1.67. The molecule has 1 N–H and O–H groups in total. The molecule has 1 aliphatic heterocycles. The molecule has 1 fully saturated rings. The third-order valence-corrected chi connectivity index (χ3v) is 6.05. The van der Waals surface area contributed by atoms with Gasteiger partial charge < -0.3 is 10.2 Å². The summed E-state index contributed by atoms with van der Waals surface area (Å²) in [6, 6.07) is 10.8. The van der Waals surface area contributed by atoms with Gasteiger partial charge in [0, 0.05) is 21.7 Å². The molecule has 0 bridgehead atoms. The van der Waals surface area contributed by atoms with E-state index in [-0.39, 0.29) is 36.1 Å². The zero-order chi connectivity index (χ0) is 18.0. The van der Waals surface area contributed by atoms with Crippen molar-refractivity contribution < 1.29 is 9.18 Å². The van der Waals surface area contributed by atoms with Crippen molar-refractivity contribution in [3.8, 4) is 10.4 Å². The van der Waals surface area contributed by atoms with Crippen LogP contribution in [0.4, 0.5) is 4.39 Å². The zero-order valence-electron chi connectivity index (χ0n) is 15.4. The molecule has 1 saturated heterocycles. The topological polar surface area (TPSA) is 32.3 Å². The SMILES string of the molecule is CC(C(=O)N(Cc1ccc(-c2ccc(F)cc2)s1)C(C)C)C1CNC1.Cl. The van der Waals surface area contributed by atoms with Gasteiger partial charge >= 0.3 is 0 Å². The number of carbonyl (C=O) groups excluding carboxylic acids is 1. The maximum Gasteiger partial charge on any atom is 0.226 e. The Morgan fingerprint density at radius 3 is 2.38 bits per heavy atom. The van der Waals surface area contributed by atoms with Crippen molar-refractivity contribution in [2.24, 2.45) is 11.8 Å². The molecule has 1 aliphatic rings. The van der Waals surface area contributed by atoms with Gasteiger partial charge in [-0.25, -0.2) is 4.39 Å². The standard InChI is InChI=1S/C20H25FN2OS.ClH/c1-13(2)23(20(24)14(3)16-10-22-11-16)12-18-8-9-19(25-18)15-4-6-17(21)7-5-15;/h4-9,13-14,16,22H,10-12H2,1-3H3;1H. The van der Waals surface area contributed by atoms with Crippen molar-refractivity contribution in [3.63, 3.8) is 0 Å². The Morgan fingerprint density at radius 2 is 1.85 bits per heavy atom. The van der Waals surface area contributed by atoms with Gasteiger partial charge in [-0.15, -0.1) is 23.7 Å². The highest BCUT2D eigenvalue weighted by atomic mass is 35.5. The largest absolute Gasteiger partial charge is 0.335 e. The monoisotopic (exact) mass is 396 g/mol. The van der Waals surface area contributed by atoms with Crippen LogP contribution in [0.15, 0.2) is 36.4 Å². The molecule has 3 nitrogen and oxygen atoms in total. The molecule has 0 aliphatic carbocycles. The lowest BCUT2D eigenvalue weighted by molar-refractivity contribution is -0.139. The minimum absolute atomic E-state index is 0. The predicted octanol–water partition coefficient (Wildman–Crippen LogP) is 4.57. The van der Waals surface area contributed by atoms with E-state index in [2.05, 4.69) is 31.3 Å². The van der Waals surface area contributed by atoms with E-state index in [0.717, 1.165) is 28.4 Å². The lowest BCUT2D eigenvalue weighted by Gasteiger charge is -2.36. The molecule has 6 heteroatoms. The van der Waals surface area contributed by atoms with Gasteiger partial charge in [0.05, 0.1) is 6.54 Å². The summed E-state index contributed by atoms with van der Waals surface area (Å²) in [7, 11) is 0. The predicted molar refractivity (Wildman–Crippen MR) is 108 cm³/mol. The summed E-state index contributed by atoms with van der Waals surface area (Å²) in [6.45, 7) is 8.68. The van der Waals surface area contributed by atoms with E-state index < -0.39 is 0 Å². The van der Waals surface area contributed by atoms with E-state index in [9.17, 15) is 9.18 Å². The van der Waals surface area contributed by atoms with Crippen molar-refractivity contribution >= 4 is 29.7 Å². The Hall–Kier alpha value is -1.43. The van der Waals surface area contributed by atoms with Gasteiger partial charge in [-0.05, 0) is 62.7 Å². The van der Waals surface area contributed by atoms with E-state index in [1.54, 1.807) is 23.5 Å². The normalized spacial score (nSPS) is 15.3. The van der Waals surface area contributed by atoms with E-state index in [1.807, 2.05) is 11.8 Å². The molecule has 3 rings (SSSR count). The highest BCUT2D eigenvalue weighted by Gasteiger charge is 2.32. The molecule has 0 saturated carbocycles. The van der Waals surface area contributed by atoms with Crippen LogP contribution >= 0.6 is 23.7 Å². The zero-order valence-corrected chi connectivity index (χ0v) is 17.0. The number of hydrogen-bond donors (Lipinski definition) is 1. The first-order valence-electron chi connectivity index (χ1n) is 8.81. The highest BCUT2D eigenvalue weighted by Crippen LogP contribution is 2.30. The number of hydrogen-bond acceptors (Lipinski definition) is 3. The number of nitrogens with one attached hydrogen (secondary N) is 1. The molecule has 1 aromatic carbocycles. The molecular formula is C20H26ClFN2OS. The lowest BCUT2D eigenvalue weighted by Crippen LogP contribution is -2.51. The first kappa shape index (κ1) is 20.9. The Morgan fingerprint density at radius 1 is 1.19 bits per heavy atom. The third-order valence-electron chi connectivity index (χ3n) is 4.93. The van der Waals surface area contributed by atoms with E-state index in [4.69, 9.17) is 0 Å². The van der Waals surface area contributed by atoms with Gasteiger partial charge in [-0.2, -0.15) is 0 Å². The van der Waals surface area contributed by atoms with Crippen molar-refractivity contribution in [2.75, 3.05) is 13.1 Å². The van der Waals surface area contributed by atoms with E-state index in [1.165, 1.54) is 12.1 Å². The molecule has 1 atom stereocenters. The summed E-state index contributed by atoms with van der Waals surface area (Å²) in [4.78, 5) is 17.1. The van der Waals surface area contributed by atoms with Crippen molar-refractivity contribution in [2.45, 2.75) is 33.4 Å². The number of carbonyl (C=O) groups is 1. The second-order valence-electron chi connectivity index (χ2n) is 7.04. The Balaban J connectivity index is 0.00000243. The van der Waals surface area contributed by atoms with Crippen LogP contribution in [0.25, 0.3) is 10.4 Å². The maximum absolute atomic E-state index is 13.1. The van der Waals surface area contributed by atoms with Crippen molar-refractivity contribution in [1.82, 2.24) is 10.2 Å². The first-order valence-corrected chi connectivity index (χ1v) is 9.63. The number of halogens is 2. The molecule has 1 aromatic heterocycles. The molecule has 1 unspecified atom stereocenters. The lowest BCUT2D eigenvalue weighted by atomic mass is 9.87. The van der Waals surface area contributed by atoms with Crippen LogP contribution < -0.4 is 5.32 Å².